The Balaban J connectivity index is 1.93. The summed E-state index contributed by atoms with van der Waals surface area (Å²) in [4.78, 5) is 0. The number of aliphatic hydroxyl groups excluding tert-OH is 1. The Hall–Kier alpha value is -0.900. The van der Waals surface area contributed by atoms with Gasteiger partial charge in [-0.1, -0.05) is 10.3 Å². The second-order valence-corrected chi connectivity index (χ2v) is 4.18. The molecule has 2 bridgehead atoms. The smallest absolute Gasteiger partial charge is 0.111 e. The molecule has 1 N–H and O–H groups in total. The molecular formula is C9H12N2O2. The summed E-state index contributed by atoms with van der Waals surface area (Å²) in [6.45, 7) is 0. The van der Waals surface area contributed by atoms with E-state index in [4.69, 9.17) is 0 Å². The lowest BCUT2D eigenvalue weighted by molar-refractivity contribution is 0.0892. The second kappa shape index (κ2) is 2.54. The van der Waals surface area contributed by atoms with E-state index in [1.165, 1.54) is 12.8 Å². The van der Waals surface area contributed by atoms with Crippen LogP contribution in [0.5, 0.6) is 0 Å². The number of hydrogen-bond donors (Lipinski definition) is 1. The number of aliphatic hydroxyl groups is 1. The van der Waals surface area contributed by atoms with Gasteiger partial charge >= 0.3 is 0 Å². The maximum Gasteiger partial charge on any atom is 0.111 e. The van der Waals surface area contributed by atoms with Crippen molar-refractivity contribution in [2.45, 2.75) is 31.3 Å². The van der Waals surface area contributed by atoms with Gasteiger partial charge in [-0.3, -0.25) is 0 Å². The summed E-state index contributed by atoms with van der Waals surface area (Å²) in [6.07, 6.45) is 4.96. The minimum absolute atomic E-state index is 0.185. The summed E-state index contributed by atoms with van der Waals surface area (Å²) in [5.74, 6) is 1.28. The zero-order chi connectivity index (χ0) is 8.84. The van der Waals surface area contributed by atoms with Gasteiger partial charge in [0.05, 0.1) is 12.3 Å². The largest absolute Gasteiger partial charge is 0.392 e. The van der Waals surface area contributed by atoms with Crippen LogP contribution in [0.2, 0.25) is 0 Å². The maximum atomic E-state index is 9.94. The van der Waals surface area contributed by atoms with Crippen LogP contribution in [-0.2, 0) is 0 Å². The van der Waals surface area contributed by atoms with E-state index in [9.17, 15) is 5.11 Å². The standard InChI is InChI=1S/C9H12N2O2/c12-9-6-2-1-5(3-6)8(9)7-4-10-13-11-7/h4-6,8-9,12H,1-3H2/t5-,6+,8-,9-/m1/s1. The normalized spacial score (nSPS) is 42.8. The van der Waals surface area contributed by atoms with Crippen molar-refractivity contribution in [3.8, 4) is 0 Å². The molecule has 0 radical (unpaired) electrons. The summed E-state index contributed by atoms with van der Waals surface area (Å²) in [6, 6.07) is 0. The minimum Gasteiger partial charge on any atom is -0.392 e. The lowest BCUT2D eigenvalue weighted by atomic mass is 9.84. The fourth-order valence-corrected chi connectivity index (χ4v) is 3.00. The average Bonchev–Trinajstić information content (AvgIpc) is 2.76. The van der Waals surface area contributed by atoms with E-state index in [-0.39, 0.29) is 12.0 Å². The molecule has 3 rings (SSSR count). The Morgan fingerprint density at radius 1 is 1.38 bits per heavy atom. The number of hydrogen-bond acceptors (Lipinski definition) is 4. The molecule has 13 heavy (non-hydrogen) atoms. The molecule has 70 valence electrons. The predicted molar refractivity (Wildman–Crippen MR) is 43.9 cm³/mol. The van der Waals surface area contributed by atoms with Crippen molar-refractivity contribution in [1.82, 2.24) is 10.3 Å². The molecule has 1 aromatic rings. The number of nitrogens with zero attached hydrogens (tertiary/aromatic N) is 2. The van der Waals surface area contributed by atoms with Crippen LogP contribution >= 0.6 is 0 Å². The second-order valence-electron chi connectivity index (χ2n) is 4.18. The predicted octanol–water partition coefficient (Wildman–Crippen LogP) is 0.944. The fourth-order valence-electron chi connectivity index (χ4n) is 3.00. The molecule has 0 saturated heterocycles. The first-order valence-corrected chi connectivity index (χ1v) is 4.82. The Kier molecular flexibility index (Phi) is 1.47. The van der Waals surface area contributed by atoms with Gasteiger partial charge in [0.25, 0.3) is 0 Å². The lowest BCUT2D eigenvalue weighted by Crippen LogP contribution is -2.25. The van der Waals surface area contributed by atoms with Crippen molar-refractivity contribution in [2.24, 2.45) is 11.8 Å². The zero-order valence-corrected chi connectivity index (χ0v) is 7.26. The van der Waals surface area contributed by atoms with E-state index < -0.39 is 0 Å². The third-order valence-corrected chi connectivity index (χ3v) is 3.59. The quantitative estimate of drug-likeness (QED) is 0.698. The molecule has 4 nitrogen and oxygen atoms in total. The van der Waals surface area contributed by atoms with Crippen molar-refractivity contribution in [1.29, 1.82) is 0 Å². The molecule has 1 heterocycles. The van der Waals surface area contributed by atoms with Crippen LogP contribution < -0.4 is 0 Å². The molecule has 4 atom stereocenters. The zero-order valence-electron chi connectivity index (χ0n) is 7.26. The fraction of sp³-hybridized carbons (Fsp3) is 0.778. The van der Waals surface area contributed by atoms with Crippen molar-refractivity contribution in [3.05, 3.63) is 11.9 Å². The van der Waals surface area contributed by atoms with Gasteiger partial charge in [-0.05, 0) is 31.1 Å². The first kappa shape index (κ1) is 7.50. The number of aromatic nitrogens is 2. The third kappa shape index (κ3) is 0.950. The van der Waals surface area contributed by atoms with E-state index in [1.54, 1.807) is 6.20 Å². The lowest BCUT2D eigenvalue weighted by Gasteiger charge is -2.24. The average molecular weight is 180 g/mol. The van der Waals surface area contributed by atoms with Crippen LogP contribution in [0.3, 0.4) is 0 Å². The Bertz CT molecular complexity index is 297. The summed E-state index contributed by atoms with van der Waals surface area (Å²) in [5.41, 5.74) is 0.833. The van der Waals surface area contributed by atoms with Crippen molar-refractivity contribution >= 4 is 0 Å². The number of fused-ring (bicyclic) bond motifs is 2. The molecule has 2 aliphatic carbocycles. The highest BCUT2D eigenvalue weighted by Gasteiger charge is 2.48. The van der Waals surface area contributed by atoms with E-state index >= 15 is 0 Å². The SMILES string of the molecule is O[C@@H]1[C@H]2CC[C@H](C2)[C@@H]1c1cnon1. The van der Waals surface area contributed by atoms with Gasteiger partial charge < -0.3 is 5.11 Å². The van der Waals surface area contributed by atoms with Crippen LogP contribution in [0.1, 0.15) is 30.9 Å². The van der Waals surface area contributed by atoms with Crippen LogP contribution in [0, 0.1) is 11.8 Å². The van der Waals surface area contributed by atoms with Crippen molar-refractivity contribution < 1.29 is 9.74 Å². The van der Waals surface area contributed by atoms with E-state index in [1.807, 2.05) is 0 Å². The molecule has 0 aromatic carbocycles. The first-order valence-electron chi connectivity index (χ1n) is 4.82. The molecule has 1 aromatic heterocycles. The molecule has 0 aliphatic heterocycles. The summed E-state index contributed by atoms with van der Waals surface area (Å²) >= 11 is 0. The van der Waals surface area contributed by atoms with Gasteiger partial charge in [-0.2, -0.15) is 0 Å². The molecule has 0 unspecified atom stereocenters. The van der Waals surface area contributed by atoms with Crippen LogP contribution in [-0.4, -0.2) is 21.5 Å². The monoisotopic (exact) mass is 180 g/mol. The highest BCUT2D eigenvalue weighted by Crippen LogP contribution is 2.52. The topological polar surface area (TPSA) is 59.2 Å². The van der Waals surface area contributed by atoms with Gasteiger partial charge in [0.2, 0.25) is 0 Å². The molecule has 2 aliphatic rings. The molecule has 2 fully saturated rings. The maximum absolute atomic E-state index is 9.94. The van der Waals surface area contributed by atoms with Crippen LogP contribution in [0.15, 0.2) is 10.8 Å². The molecule has 0 amide bonds. The first-order chi connectivity index (χ1) is 6.36. The summed E-state index contributed by atoms with van der Waals surface area (Å²) in [7, 11) is 0. The van der Waals surface area contributed by atoms with Crippen LogP contribution in [0.4, 0.5) is 0 Å². The molecule has 4 heteroatoms. The van der Waals surface area contributed by atoms with Crippen molar-refractivity contribution in [2.75, 3.05) is 0 Å². The van der Waals surface area contributed by atoms with Gasteiger partial charge in [-0.25, -0.2) is 4.63 Å². The summed E-state index contributed by atoms with van der Waals surface area (Å²) < 4.78 is 4.57. The highest BCUT2D eigenvalue weighted by molar-refractivity contribution is 5.13. The van der Waals surface area contributed by atoms with E-state index in [0.717, 1.165) is 12.1 Å². The van der Waals surface area contributed by atoms with E-state index in [0.29, 0.717) is 11.8 Å². The Morgan fingerprint density at radius 3 is 2.85 bits per heavy atom. The van der Waals surface area contributed by atoms with Gasteiger partial charge in [0.1, 0.15) is 5.69 Å². The Morgan fingerprint density at radius 2 is 2.23 bits per heavy atom. The van der Waals surface area contributed by atoms with Gasteiger partial charge in [0.15, 0.2) is 0 Å². The molecule has 2 saturated carbocycles. The number of rotatable bonds is 1. The Labute approximate surface area is 75.9 Å². The van der Waals surface area contributed by atoms with Gasteiger partial charge in [0, 0.05) is 5.92 Å². The van der Waals surface area contributed by atoms with E-state index in [2.05, 4.69) is 14.9 Å². The highest BCUT2D eigenvalue weighted by atomic mass is 16.6. The summed E-state index contributed by atoms with van der Waals surface area (Å²) in [5, 5.41) is 17.4. The van der Waals surface area contributed by atoms with Crippen LogP contribution in [0.25, 0.3) is 0 Å². The minimum atomic E-state index is -0.217. The van der Waals surface area contributed by atoms with Crippen molar-refractivity contribution in [3.63, 3.8) is 0 Å². The molecule has 0 spiro atoms. The van der Waals surface area contributed by atoms with Gasteiger partial charge in [-0.15, -0.1) is 0 Å². The molecular weight excluding hydrogens is 168 g/mol. The third-order valence-electron chi connectivity index (χ3n) is 3.59.